The van der Waals surface area contributed by atoms with Crippen LogP contribution in [0.3, 0.4) is 0 Å². The molecule has 0 aromatic carbocycles. The van der Waals surface area contributed by atoms with Crippen LogP contribution in [0, 0.1) is 0 Å². The van der Waals surface area contributed by atoms with Crippen molar-refractivity contribution in [2.75, 3.05) is 13.2 Å². The standard InChI is InChI=1S/C14H18F4O6/c1-8(2)10(19)22-5-6-23-11(20)13(15,16)7-14(17,18)12(21)24-9(3)4/h9H,1,5-7H2,2-4H3. The first-order chi connectivity index (χ1) is 10.8. The minimum absolute atomic E-state index is 0.0370. The van der Waals surface area contributed by atoms with Crippen molar-refractivity contribution in [3.8, 4) is 0 Å². The van der Waals surface area contributed by atoms with E-state index in [-0.39, 0.29) is 5.57 Å². The molecule has 0 amide bonds. The fraction of sp³-hybridized carbons (Fsp3) is 0.643. The first kappa shape index (κ1) is 21.9. The Balaban J connectivity index is 4.54. The molecule has 0 rings (SSSR count). The number of ether oxygens (including phenoxy) is 3. The zero-order valence-corrected chi connectivity index (χ0v) is 13.4. The van der Waals surface area contributed by atoms with Crippen molar-refractivity contribution >= 4 is 17.9 Å². The average molecular weight is 358 g/mol. The number of esters is 3. The Morgan fingerprint density at radius 3 is 1.88 bits per heavy atom. The summed E-state index contributed by atoms with van der Waals surface area (Å²) in [7, 11) is 0. The minimum atomic E-state index is -4.63. The monoisotopic (exact) mass is 358 g/mol. The highest BCUT2D eigenvalue weighted by Gasteiger charge is 2.55. The number of hydrogen-bond acceptors (Lipinski definition) is 6. The van der Waals surface area contributed by atoms with Gasteiger partial charge in [0.2, 0.25) is 0 Å². The van der Waals surface area contributed by atoms with E-state index >= 15 is 0 Å². The summed E-state index contributed by atoms with van der Waals surface area (Å²) in [6, 6.07) is 0. The predicted molar refractivity (Wildman–Crippen MR) is 72.5 cm³/mol. The highest BCUT2D eigenvalue weighted by atomic mass is 19.3. The molecule has 0 radical (unpaired) electrons. The van der Waals surface area contributed by atoms with Gasteiger partial charge in [-0.3, -0.25) is 0 Å². The molecule has 0 aliphatic carbocycles. The molecule has 0 aromatic rings. The van der Waals surface area contributed by atoms with Crippen LogP contribution in [0.2, 0.25) is 0 Å². The Bertz CT molecular complexity index is 501. The lowest BCUT2D eigenvalue weighted by Gasteiger charge is -2.21. The van der Waals surface area contributed by atoms with Gasteiger partial charge in [-0.25, -0.2) is 14.4 Å². The summed E-state index contributed by atoms with van der Waals surface area (Å²) < 4.78 is 66.3. The summed E-state index contributed by atoms with van der Waals surface area (Å²) in [4.78, 5) is 33.2. The first-order valence-electron chi connectivity index (χ1n) is 6.76. The number of rotatable bonds is 9. The van der Waals surface area contributed by atoms with Gasteiger partial charge in [-0.15, -0.1) is 0 Å². The van der Waals surface area contributed by atoms with E-state index in [9.17, 15) is 31.9 Å². The van der Waals surface area contributed by atoms with Crippen molar-refractivity contribution in [1.29, 1.82) is 0 Å². The number of hydrogen-bond donors (Lipinski definition) is 0. The summed E-state index contributed by atoms with van der Waals surface area (Å²) in [6.45, 7) is 5.78. The van der Waals surface area contributed by atoms with Crippen LogP contribution in [0.1, 0.15) is 27.2 Å². The van der Waals surface area contributed by atoms with Crippen LogP contribution in [-0.4, -0.2) is 49.1 Å². The molecule has 0 aliphatic heterocycles. The maximum absolute atomic E-state index is 13.4. The van der Waals surface area contributed by atoms with E-state index in [2.05, 4.69) is 20.8 Å². The molecule has 0 atom stereocenters. The van der Waals surface area contributed by atoms with Crippen LogP contribution in [0.5, 0.6) is 0 Å². The molecule has 0 heterocycles. The molecule has 0 spiro atoms. The van der Waals surface area contributed by atoms with Crippen LogP contribution in [-0.2, 0) is 28.6 Å². The Kier molecular flexibility index (Phi) is 7.88. The molecule has 0 aromatic heterocycles. The zero-order chi connectivity index (χ0) is 19.1. The summed E-state index contributed by atoms with van der Waals surface area (Å²) >= 11 is 0. The second-order valence-corrected chi connectivity index (χ2v) is 5.09. The van der Waals surface area contributed by atoms with E-state index in [1.165, 1.54) is 20.8 Å². The second-order valence-electron chi connectivity index (χ2n) is 5.09. The van der Waals surface area contributed by atoms with Gasteiger partial charge in [-0.1, -0.05) is 6.58 Å². The van der Waals surface area contributed by atoms with E-state index in [1.807, 2.05) is 0 Å². The minimum Gasteiger partial charge on any atom is -0.459 e. The number of carbonyl (C=O) groups excluding carboxylic acids is 3. The van der Waals surface area contributed by atoms with Gasteiger partial charge in [0.15, 0.2) is 0 Å². The smallest absolute Gasteiger partial charge is 0.377 e. The van der Waals surface area contributed by atoms with Gasteiger partial charge in [0, 0.05) is 5.57 Å². The molecular formula is C14H18F4O6. The van der Waals surface area contributed by atoms with E-state index in [0.29, 0.717) is 0 Å². The van der Waals surface area contributed by atoms with Crippen molar-refractivity contribution in [1.82, 2.24) is 0 Å². The van der Waals surface area contributed by atoms with E-state index in [1.54, 1.807) is 0 Å². The van der Waals surface area contributed by atoms with Crippen molar-refractivity contribution < 1.29 is 46.2 Å². The van der Waals surface area contributed by atoms with E-state index < -0.39 is 55.5 Å². The van der Waals surface area contributed by atoms with Gasteiger partial charge >= 0.3 is 29.8 Å². The molecule has 0 aliphatic rings. The van der Waals surface area contributed by atoms with E-state index in [0.717, 1.165) is 0 Å². The SMILES string of the molecule is C=C(C)C(=O)OCCOC(=O)C(F)(F)CC(F)(F)C(=O)OC(C)C. The number of halogens is 4. The molecule has 138 valence electrons. The van der Waals surface area contributed by atoms with Crippen molar-refractivity contribution in [2.45, 2.75) is 45.1 Å². The summed E-state index contributed by atoms with van der Waals surface area (Å²) in [5.74, 6) is -14.5. The molecule has 0 saturated heterocycles. The molecule has 0 saturated carbocycles. The van der Waals surface area contributed by atoms with E-state index in [4.69, 9.17) is 0 Å². The molecule has 0 fully saturated rings. The normalized spacial score (nSPS) is 11.8. The van der Waals surface area contributed by atoms with Gasteiger partial charge in [0.05, 0.1) is 12.5 Å². The maximum Gasteiger partial charge on any atom is 0.377 e. The largest absolute Gasteiger partial charge is 0.459 e. The van der Waals surface area contributed by atoms with Gasteiger partial charge in [0.1, 0.15) is 13.2 Å². The predicted octanol–water partition coefficient (Wildman–Crippen LogP) is 2.26. The zero-order valence-electron chi connectivity index (χ0n) is 13.4. The summed E-state index contributed by atoms with van der Waals surface area (Å²) in [5, 5.41) is 0. The third kappa shape index (κ3) is 7.42. The van der Waals surface area contributed by atoms with Gasteiger partial charge in [-0.05, 0) is 20.8 Å². The van der Waals surface area contributed by atoms with Crippen LogP contribution in [0.4, 0.5) is 17.6 Å². The van der Waals surface area contributed by atoms with Gasteiger partial charge in [-0.2, -0.15) is 17.6 Å². The lowest BCUT2D eigenvalue weighted by Crippen LogP contribution is -2.43. The first-order valence-corrected chi connectivity index (χ1v) is 6.76. The molecule has 24 heavy (non-hydrogen) atoms. The summed E-state index contributed by atoms with van der Waals surface area (Å²) in [5.41, 5.74) is 0.0370. The Labute approximate surface area is 135 Å². The molecule has 6 nitrogen and oxygen atoms in total. The van der Waals surface area contributed by atoms with Crippen molar-refractivity contribution in [3.05, 3.63) is 12.2 Å². The Hall–Kier alpha value is -2.13. The maximum atomic E-state index is 13.4. The van der Waals surface area contributed by atoms with Crippen LogP contribution < -0.4 is 0 Å². The average Bonchev–Trinajstić information content (AvgIpc) is 2.40. The third-order valence-electron chi connectivity index (χ3n) is 2.28. The highest BCUT2D eigenvalue weighted by Crippen LogP contribution is 2.32. The molecule has 0 unspecified atom stereocenters. The fourth-order valence-corrected chi connectivity index (χ4v) is 1.22. The highest BCUT2D eigenvalue weighted by molar-refractivity contribution is 5.87. The Morgan fingerprint density at radius 2 is 1.42 bits per heavy atom. The number of carbonyl (C=O) groups is 3. The van der Waals surface area contributed by atoms with Gasteiger partial charge in [0.25, 0.3) is 0 Å². The third-order valence-corrected chi connectivity index (χ3v) is 2.28. The Morgan fingerprint density at radius 1 is 0.958 bits per heavy atom. The quantitative estimate of drug-likeness (QED) is 0.207. The van der Waals surface area contributed by atoms with Crippen molar-refractivity contribution in [2.24, 2.45) is 0 Å². The van der Waals surface area contributed by atoms with Crippen molar-refractivity contribution in [3.63, 3.8) is 0 Å². The lowest BCUT2D eigenvalue weighted by molar-refractivity contribution is -0.199. The molecule has 0 bridgehead atoms. The van der Waals surface area contributed by atoms with Crippen LogP contribution in [0.25, 0.3) is 0 Å². The van der Waals surface area contributed by atoms with Gasteiger partial charge < -0.3 is 14.2 Å². The fourth-order valence-electron chi connectivity index (χ4n) is 1.22. The topological polar surface area (TPSA) is 78.9 Å². The lowest BCUT2D eigenvalue weighted by atomic mass is 10.1. The molecule has 0 N–H and O–H groups in total. The second kappa shape index (κ2) is 8.65. The molecule has 10 heteroatoms. The van der Waals surface area contributed by atoms with Crippen LogP contribution in [0.15, 0.2) is 12.2 Å². The number of alkyl halides is 4. The van der Waals surface area contributed by atoms with Crippen LogP contribution >= 0.6 is 0 Å². The molecular weight excluding hydrogens is 340 g/mol. The summed E-state index contributed by atoms with van der Waals surface area (Å²) in [6.07, 6.45) is -3.33.